The highest BCUT2D eigenvalue weighted by Crippen LogP contribution is 2.40. The van der Waals surface area contributed by atoms with E-state index in [1.807, 2.05) is 0 Å². The molecule has 1 N–H and O–H groups in total. The maximum Gasteiger partial charge on any atom is 0.169 e. The van der Waals surface area contributed by atoms with Crippen molar-refractivity contribution >= 4 is 0 Å². The standard InChI is InChI=1S/C14H24O5/c15-10-11-9-14(17-7-8-18-14)5-4-12(11)19-13-3-1-2-6-16-13/h11-13,15H,1-10H2/t11-,12+,13?/m1/s1. The molecule has 2 saturated heterocycles. The fourth-order valence-corrected chi connectivity index (χ4v) is 3.36. The third-order valence-electron chi connectivity index (χ3n) is 4.42. The zero-order chi connectivity index (χ0) is 13.1. The lowest BCUT2D eigenvalue weighted by atomic mass is 9.82. The largest absolute Gasteiger partial charge is 0.396 e. The Balaban J connectivity index is 1.56. The van der Waals surface area contributed by atoms with Crippen LogP contribution in [0.5, 0.6) is 0 Å². The summed E-state index contributed by atoms with van der Waals surface area (Å²) >= 11 is 0. The first-order valence-electron chi connectivity index (χ1n) is 7.47. The van der Waals surface area contributed by atoms with E-state index in [0.29, 0.717) is 13.2 Å². The first-order chi connectivity index (χ1) is 9.31. The van der Waals surface area contributed by atoms with E-state index in [1.54, 1.807) is 0 Å². The first kappa shape index (κ1) is 13.8. The van der Waals surface area contributed by atoms with E-state index in [1.165, 1.54) is 0 Å². The Labute approximate surface area is 114 Å². The molecule has 3 atom stereocenters. The normalized spacial score (nSPS) is 38.7. The monoisotopic (exact) mass is 272 g/mol. The molecule has 5 nitrogen and oxygen atoms in total. The van der Waals surface area contributed by atoms with Crippen molar-refractivity contribution in [2.75, 3.05) is 26.4 Å². The highest BCUT2D eigenvalue weighted by atomic mass is 16.7. The Morgan fingerprint density at radius 3 is 2.63 bits per heavy atom. The van der Waals surface area contributed by atoms with Crippen molar-refractivity contribution in [3.05, 3.63) is 0 Å². The van der Waals surface area contributed by atoms with Gasteiger partial charge in [0.15, 0.2) is 12.1 Å². The number of aliphatic hydroxyl groups is 1. The van der Waals surface area contributed by atoms with Crippen molar-refractivity contribution < 1.29 is 24.1 Å². The average molecular weight is 272 g/mol. The highest BCUT2D eigenvalue weighted by Gasteiger charge is 2.45. The summed E-state index contributed by atoms with van der Waals surface area (Å²) in [6, 6.07) is 0. The smallest absolute Gasteiger partial charge is 0.169 e. The summed E-state index contributed by atoms with van der Waals surface area (Å²) in [4.78, 5) is 0. The number of aliphatic hydroxyl groups excluding tert-OH is 1. The second-order valence-electron chi connectivity index (χ2n) is 5.76. The molecule has 1 unspecified atom stereocenters. The van der Waals surface area contributed by atoms with Crippen molar-refractivity contribution in [2.24, 2.45) is 5.92 Å². The van der Waals surface area contributed by atoms with Gasteiger partial charge in [-0.15, -0.1) is 0 Å². The minimum Gasteiger partial charge on any atom is -0.396 e. The van der Waals surface area contributed by atoms with Crippen LogP contribution in [0.4, 0.5) is 0 Å². The maximum atomic E-state index is 9.60. The SMILES string of the molecule is OC[C@H]1CC2(CC[C@@H]1OC1CCCCO1)OCCO2. The van der Waals surface area contributed by atoms with Crippen LogP contribution in [0.2, 0.25) is 0 Å². The minimum absolute atomic E-state index is 0.0616. The lowest BCUT2D eigenvalue weighted by Gasteiger charge is -2.41. The predicted molar refractivity (Wildman–Crippen MR) is 67.5 cm³/mol. The van der Waals surface area contributed by atoms with Gasteiger partial charge in [0.25, 0.3) is 0 Å². The van der Waals surface area contributed by atoms with Crippen LogP contribution < -0.4 is 0 Å². The van der Waals surface area contributed by atoms with E-state index in [0.717, 1.165) is 45.1 Å². The fraction of sp³-hybridized carbons (Fsp3) is 1.00. The van der Waals surface area contributed by atoms with Gasteiger partial charge in [0.1, 0.15) is 0 Å². The average Bonchev–Trinajstić information content (AvgIpc) is 2.90. The summed E-state index contributed by atoms with van der Waals surface area (Å²) in [6.07, 6.45) is 5.66. The van der Waals surface area contributed by atoms with Gasteiger partial charge in [0, 0.05) is 32.0 Å². The van der Waals surface area contributed by atoms with Crippen molar-refractivity contribution in [3.8, 4) is 0 Å². The molecule has 0 amide bonds. The van der Waals surface area contributed by atoms with Crippen LogP contribution in [0.1, 0.15) is 38.5 Å². The summed E-state index contributed by atoms with van der Waals surface area (Å²) < 4.78 is 23.1. The number of ether oxygens (including phenoxy) is 4. The van der Waals surface area contributed by atoms with E-state index in [9.17, 15) is 5.11 Å². The minimum atomic E-state index is -0.458. The molecule has 1 aliphatic carbocycles. The summed E-state index contributed by atoms with van der Waals surface area (Å²) in [5.74, 6) is -0.377. The molecular formula is C14H24O5. The van der Waals surface area contributed by atoms with Crippen LogP contribution in [0.3, 0.4) is 0 Å². The summed E-state index contributed by atoms with van der Waals surface area (Å²) in [6.45, 7) is 2.23. The second kappa shape index (κ2) is 6.06. The van der Waals surface area contributed by atoms with Crippen LogP contribution in [0, 0.1) is 5.92 Å². The van der Waals surface area contributed by atoms with Crippen molar-refractivity contribution in [1.29, 1.82) is 0 Å². The molecule has 0 aromatic rings. The van der Waals surface area contributed by atoms with Crippen molar-refractivity contribution in [2.45, 2.75) is 56.7 Å². The summed E-state index contributed by atoms with van der Waals surface area (Å²) in [5.41, 5.74) is 0. The number of hydrogen-bond donors (Lipinski definition) is 1. The van der Waals surface area contributed by atoms with E-state index in [4.69, 9.17) is 18.9 Å². The molecule has 1 spiro atoms. The Bertz CT molecular complexity index is 284. The van der Waals surface area contributed by atoms with Gasteiger partial charge in [-0.05, 0) is 25.7 Å². The first-order valence-corrected chi connectivity index (χ1v) is 7.47. The predicted octanol–water partition coefficient (Wildman–Crippen LogP) is 1.43. The Morgan fingerprint density at radius 1 is 1.11 bits per heavy atom. The molecule has 0 radical (unpaired) electrons. The highest BCUT2D eigenvalue weighted by molar-refractivity contribution is 4.88. The van der Waals surface area contributed by atoms with E-state index >= 15 is 0 Å². The van der Waals surface area contributed by atoms with Gasteiger partial charge in [-0.1, -0.05) is 0 Å². The van der Waals surface area contributed by atoms with E-state index in [2.05, 4.69) is 0 Å². The third kappa shape index (κ3) is 3.11. The van der Waals surface area contributed by atoms with Gasteiger partial charge in [0.2, 0.25) is 0 Å². The van der Waals surface area contributed by atoms with Gasteiger partial charge in [-0.2, -0.15) is 0 Å². The van der Waals surface area contributed by atoms with Gasteiger partial charge in [-0.25, -0.2) is 0 Å². The summed E-state index contributed by atoms with van der Waals surface area (Å²) in [5, 5.41) is 9.60. The van der Waals surface area contributed by atoms with Gasteiger partial charge >= 0.3 is 0 Å². The lowest BCUT2D eigenvalue weighted by molar-refractivity contribution is -0.247. The van der Waals surface area contributed by atoms with Gasteiger partial charge in [0.05, 0.1) is 19.3 Å². The molecule has 0 aromatic heterocycles. The Morgan fingerprint density at radius 2 is 1.95 bits per heavy atom. The molecule has 2 heterocycles. The number of rotatable bonds is 3. The molecule has 2 aliphatic heterocycles. The molecule has 3 rings (SSSR count). The number of hydrogen-bond acceptors (Lipinski definition) is 5. The molecule has 110 valence electrons. The van der Waals surface area contributed by atoms with Crippen LogP contribution >= 0.6 is 0 Å². The second-order valence-corrected chi connectivity index (χ2v) is 5.76. The van der Waals surface area contributed by atoms with Gasteiger partial charge < -0.3 is 24.1 Å². The molecule has 1 saturated carbocycles. The van der Waals surface area contributed by atoms with Crippen LogP contribution in [0.25, 0.3) is 0 Å². The zero-order valence-electron chi connectivity index (χ0n) is 11.4. The fourth-order valence-electron chi connectivity index (χ4n) is 3.36. The van der Waals surface area contributed by atoms with Crippen molar-refractivity contribution in [1.82, 2.24) is 0 Å². The molecule has 19 heavy (non-hydrogen) atoms. The van der Waals surface area contributed by atoms with E-state index < -0.39 is 5.79 Å². The van der Waals surface area contributed by atoms with Crippen LogP contribution in [0.15, 0.2) is 0 Å². The van der Waals surface area contributed by atoms with Gasteiger partial charge in [-0.3, -0.25) is 0 Å². The van der Waals surface area contributed by atoms with Crippen LogP contribution in [-0.4, -0.2) is 49.7 Å². The molecular weight excluding hydrogens is 248 g/mol. The lowest BCUT2D eigenvalue weighted by Crippen LogP contribution is -2.46. The summed E-state index contributed by atoms with van der Waals surface area (Å²) in [7, 11) is 0. The Kier molecular flexibility index (Phi) is 4.39. The molecule has 5 heteroatoms. The Hall–Kier alpha value is -0.200. The van der Waals surface area contributed by atoms with Crippen LogP contribution in [-0.2, 0) is 18.9 Å². The maximum absolute atomic E-state index is 9.60. The molecule has 0 aromatic carbocycles. The van der Waals surface area contributed by atoms with E-state index in [-0.39, 0.29) is 24.9 Å². The van der Waals surface area contributed by atoms with Crippen molar-refractivity contribution in [3.63, 3.8) is 0 Å². The topological polar surface area (TPSA) is 57.2 Å². The third-order valence-corrected chi connectivity index (χ3v) is 4.42. The molecule has 3 aliphatic rings. The quantitative estimate of drug-likeness (QED) is 0.842. The zero-order valence-corrected chi connectivity index (χ0v) is 11.4. The molecule has 3 fully saturated rings. The molecule has 0 bridgehead atoms.